The SMILES string of the molecule is C[C@@H]1OCC[C@H]1NC(=O)N1CC[C@H](CN(C)C)C1. The van der Waals surface area contributed by atoms with Gasteiger partial charge in [0, 0.05) is 26.2 Å². The van der Waals surface area contributed by atoms with E-state index >= 15 is 0 Å². The van der Waals surface area contributed by atoms with Crippen molar-refractivity contribution in [2.45, 2.75) is 31.9 Å². The van der Waals surface area contributed by atoms with E-state index in [4.69, 9.17) is 4.74 Å². The second-order valence-corrected chi connectivity index (χ2v) is 5.78. The number of hydrogen-bond donors (Lipinski definition) is 1. The number of urea groups is 1. The molecule has 5 nitrogen and oxygen atoms in total. The molecule has 0 spiro atoms. The normalized spacial score (nSPS) is 32.2. The van der Waals surface area contributed by atoms with Crippen LogP contribution in [0.15, 0.2) is 0 Å². The Morgan fingerprint density at radius 1 is 1.44 bits per heavy atom. The van der Waals surface area contributed by atoms with E-state index in [-0.39, 0.29) is 18.2 Å². The molecule has 3 atom stereocenters. The Morgan fingerprint density at radius 3 is 2.83 bits per heavy atom. The lowest BCUT2D eigenvalue weighted by Gasteiger charge is -2.22. The molecule has 2 heterocycles. The van der Waals surface area contributed by atoms with Crippen molar-refractivity contribution in [1.82, 2.24) is 15.1 Å². The lowest BCUT2D eigenvalue weighted by molar-refractivity contribution is 0.112. The zero-order valence-electron chi connectivity index (χ0n) is 11.7. The largest absolute Gasteiger partial charge is 0.376 e. The molecule has 0 bridgehead atoms. The van der Waals surface area contributed by atoms with Gasteiger partial charge < -0.3 is 19.9 Å². The van der Waals surface area contributed by atoms with E-state index in [0.717, 1.165) is 39.1 Å². The summed E-state index contributed by atoms with van der Waals surface area (Å²) >= 11 is 0. The van der Waals surface area contributed by atoms with Crippen molar-refractivity contribution >= 4 is 6.03 Å². The van der Waals surface area contributed by atoms with Gasteiger partial charge in [-0.15, -0.1) is 0 Å². The minimum absolute atomic E-state index is 0.0820. The number of nitrogens with zero attached hydrogens (tertiary/aromatic N) is 2. The Hall–Kier alpha value is -0.810. The third kappa shape index (κ3) is 3.36. The van der Waals surface area contributed by atoms with Crippen LogP contribution in [0.1, 0.15) is 19.8 Å². The van der Waals surface area contributed by atoms with Gasteiger partial charge in [-0.2, -0.15) is 0 Å². The molecule has 0 aromatic carbocycles. The fraction of sp³-hybridized carbons (Fsp3) is 0.923. The fourth-order valence-corrected chi connectivity index (χ4v) is 2.85. The lowest BCUT2D eigenvalue weighted by atomic mass is 10.1. The average Bonchev–Trinajstić information content (AvgIpc) is 2.88. The van der Waals surface area contributed by atoms with E-state index in [0.29, 0.717) is 5.92 Å². The van der Waals surface area contributed by atoms with Gasteiger partial charge in [-0.05, 0) is 39.8 Å². The number of carbonyl (C=O) groups is 1. The number of nitrogens with one attached hydrogen (secondary N) is 1. The summed E-state index contributed by atoms with van der Waals surface area (Å²) in [6.45, 7) is 5.61. The quantitative estimate of drug-likeness (QED) is 0.809. The van der Waals surface area contributed by atoms with Crippen LogP contribution in [0.25, 0.3) is 0 Å². The first-order chi connectivity index (χ1) is 8.56. The van der Waals surface area contributed by atoms with E-state index in [2.05, 4.69) is 24.3 Å². The average molecular weight is 255 g/mol. The Kier molecular flexibility index (Phi) is 4.45. The van der Waals surface area contributed by atoms with Crippen molar-refractivity contribution in [2.24, 2.45) is 5.92 Å². The van der Waals surface area contributed by atoms with Gasteiger partial charge in [-0.3, -0.25) is 0 Å². The predicted molar refractivity (Wildman–Crippen MR) is 70.6 cm³/mol. The summed E-state index contributed by atoms with van der Waals surface area (Å²) in [6, 6.07) is 0.268. The third-order valence-electron chi connectivity index (χ3n) is 3.88. The summed E-state index contributed by atoms with van der Waals surface area (Å²) in [6.07, 6.45) is 2.19. The van der Waals surface area contributed by atoms with Crippen LogP contribution in [0, 0.1) is 5.92 Å². The maximum absolute atomic E-state index is 12.1. The third-order valence-corrected chi connectivity index (χ3v) is 3.88. The molecule has 2 rings (SSSR count). The molecule has 0 radical (unpaired) electrons. The summed E-state index contributed by atoms with van der Waals surface area (Å²) in [7, 11) is 4.17. The van der Waals surface area contributed by atoms with Crippen molar-refractivity contribution in [3.63, 3.8) is 0 Å². The Balaban J connectivity index is 1.76. The lowest BCUT2D eigenvalue weighted by Crippen LogP contribution is -2.46. The first-order valence-electron chi connectivity index (χ1n) is 6.88. The number of rotatable bonds is 3. The van der Waals surface area contributed by atoms with E-state index in [1.807, 2.05) is 11.8 Å². The molecule has 2 aliphatic rings. The monoisotopic (exact) mass is 255 g/mol. The summed E-state index contributed by atoms with van der Waals surface area (Å²) in [4.78, 5) is 16.3. The predicted octanol–water partition coefficient (Wildman–Crippen LogP) is 0.757. The van der Waals surface area contributed by atoms with Crippen LogP contribution in [0.5, 0.6) is 0 Å². The summed E-state index contributed by atoms with van der Waals surface area (Å²) in [5.41, 5.74) is 0. The van der Waals surface area contributed by atoms with Gasteiger partial charge in [0.1, 0.15) is 0 Å². The van der Waals surface area contributed by atoms with Gasteiger partial charge in [0.25, 0.3) is 0 Å². The Morgan fingerprint density at radius 2 is 2.22 bits per heavy atom. The molecule has 0 aromatic heterocycles. The Bertz CT molecular complexity index is 296. The minimum atomic E-state index is 0.0820. The molecule has 0 saturated carbocycles. The van der Waals surface area contributed by atoms with Crippen molar-refractivity contribution in [3.05, 3.63) is 0 Å². The van der Waals surface area contributed by atoms with Crippen LogP contribution >= 0.6 is 0 Å². The molecule has 0 aromatic rings. The van der Waals surface area contributed by atoms with E-state index in [1.54, 1.807) is 0 Å². The van der Waals surface area contributed by atoms with E-state index < -0.39 is 0 Å². The zero-order chi connectivity index (χ0) is 13.1. The van der Waals surface area contributed by atoms with Crippen LogP contribution in [-0.2, 0) is 4.74 Å². The number of carbonyl (C=O) groups excluding carboxylic acids is 1. The maximum atomic E-state index is 12.1. The highest BCUT2D eigenvalue weighted by Crippen LogP contribution is 2.18. The summed E-state index contributed by atoms with van der Waals surface area (Å²) in [5, 5.41) is 3.09. The topological polar surface area (TPSA) is 44.8 Å². The molecule has 2 amide bonds. The van der Waals surface area contributed by atoms with Gasteiger partial charge in [-0.25, -0.2) is 4.79 Å². The highest BCUT2D eigenvalue weighted by Gasteiger charge is 2.30. The van der Waals surface area contributed by atoms with Gasteiger partial charge in [0.05, 0.1) is 12.1 Å². The van der Waals surface area contributed by atoms with E-state index in [9.17, 15) is 4.79 Å². The van der Waals surface area contributed by atoms with Gasteiger partial charge in [0.15, 0.2) is 0 Å². The van der Waals surface area contributed by atoms with Gasteiger partial charge in [0.2, 0.25) is 0 Å². The van der Waals surface area contributed by atoms with Crippen molar-refractivity contribution in [3.8, 4) is 0 Å². The first-order valence-corrected chi connectivity index (χ1v) is 6.88. The molecule has 5 heteroatoms. The molecule has 2 fully saturated rings. The smallest absolute Gasteiger partial charge is 0.317 e. The number of ether oxygens (including phenoxy) is 1. The summed E-state index contributed by atoms with van der Waals surface area (Å²) < 4.78 is 5.46. The molecular weight excluding hydrogens is 230 g/mol. The number of amides is 2. The first kappa shape index (κ1) is 13.6. The van der Waals surface area contributed by atoms with Gasteiger partial charge >= 0.3 is 6.03 Å². The zero-order valence-corrected chi connectivity index (χ0v) is 11.7. The number of likely N-dealkylation sites (tertiary alicyclic amines) is 1. The van der Waals surface area contributed by atoms with E-state index in [1.165, 1.54) is 0 Å². The minimum Gasteiger partial charge on any atom is -0.376 e. The fourth-order valence-electron chi connectivity index (χ4n) is 2.85. The standard InChI is InChI=1S/C13H25N3O2/c1-10-12(5-7-18-10)14-13(17)16-6-4-11(9-16)8-15(2)3/h10-12H,4-9H2,1-3H3,(H,14,17)/t10-,11+,12+/m0/s1. The second kappa shape index (κ2) is 5.89. The molecule has 2 aliphatic heterocycles. The highest BCUT2D eigenvalue weighted by atomic mass is 16.5. The van der Waals surface area contributed by atoms with Crippen LogP contribution in [-0.4, -0.2) is 68.3 Å². The van der Waals surface area contributed by atoms with Crippen molar-refractivity contribution in [1.29, 1.82) is 0 Å². The maximum Gasteiger partial charge on any atom is 0.317 e. The van der Waals surface area contributed by atoms with Crippen LogP contribution in [0.2, 0.25) is 0 Å². The molecule has 0 aliphatic carbocycles. The molecule has 18 heavy (non-hydrogen) atoms. The van der Waals surface area contributed by atoms with Gasteiger partial charge in [-0.1, -0.05) is 0 Å². The molecule has 0 unspecified atom stereocenters. The van der Waals surface area contributed by atoms with Crippen molar-refractivity contribution < 1.29 is 9.53 Å². The highest BCUT2D eigenvalue weighted by molar-refractivity contribution is 5.74. The number of hydrogen-bond acceptors (Lipinski definition) is 3. The summed E-state index contributed by atoms with van der Waals surface area (Å²) in [5.74, 6) is 0.614. The molecule has 1 N–H and O–H groups in total. The van der Waals surface area contributed by atoms with Crippen LogP contribution in [0.3, 0.4) is 0 Å². The molecule has 2 saturated heterocycles. The molecular formula is C13H25N3O2. The van der Waals surface area contributed by atoms with Crippen LogP contribution in [0.4, 0.5) is 4.79 Å². The van der Waals surface area contributed by atoms with Crippen LogP contribution < -0.4 is 5.32 Å². The van der Waals surface area contributed by atoms with Crippen molar-refractivity contribution in [2.75, 3.05) is 40.3 Å². The molecule has 104 valence electrons. The Labute approximate surface area is 109 Å². The second-order valence-electron chi connectivity index (χ2n) is 5.78.